The fourth-order valence-electron chi connectivity index (χ4n) is 1.77. The van der Waals surface area contributed by atoms with E-state index in [0.29, 0.717) is 0 Å². The van der Waals surface area contributed by atoms with Crippen LogP contribution in [0.2, 0.25) is 0 Å². The molecule has 0 spiro atoms. The van der Waals surface area contributed by atoms with Crippen LogP contribution >= 0.6 is 27.3 Å². The first-order chi connectivity index (χ1) is 8.56. The third-order valence-corrected chi connectivity index (χ3v) is 4.78. The van der Waals surface area contributed by atoms with Crippen LogP contribution in [0.4, 0.5) is 5.69 Å². The molecule has 0 aliphatic rings. The van der Waals surface area contributed by atoms with Gasteiger partial charge in [-0.3, -0.25) is 0 Å². The molecule has 1 heterocycles. The molecule has 0 aliphatic carbocycles. The minimum absolute atomic E-state index is 0.789. The smallest absolute Gasteiger partial charge is 0.0461 e. The van der Waals surface area contributed by atoms with Crippen LogP contribution in [-0.4, -0.2) is 0 Å². The second-order valence-electron chi connectivity index (χ2n) is 4.41. The first-order valence-corrected chi connectivity index (χ1v) is 7.47. The zero-order valence-corrected chi connectivity index (χ0v) is 13.0. The van der Waals surface area contributed by atoms with Crippen molar-refractivity contribution in [2.24, 2.45) is 0 Å². The van der Waals surface area contributed by atoms with Crippen LogP contribution in [0.5, 0.6) is 0 Å². The Morgan fingerprint density at radius 2 is 2.00 bits per heavy atom. The molecular weight excluding hydrogens is 308 g/mol. The second-order valence-corrected chi connectivity index (χ2v) is 6.61. The first-order valence-electron chi connectivity index (χ1n) is 5.87. The third kappa shape index (κ3) is 3.34. The van der Waals surface area contributed by atoms with Crippen molar-refractivity contribution < 1.29 is 0 Å². The van der Waals surface area contributed by atoms with Crippen LogP contribution < -0.4 is 11.1 Å². The quantitative estimate of drug-likeness (QED) is 0.834. The predicted octanol–water partition coefficient (Wildman–Crippen LogP) is 4.00. The molecule has 1 aromatic carbocycles. The molecule has 2 nitrogen and oxygen atoms in total. The highest BCUT2D eigenvalue weighted by Crippen LogP contribution is 2.21. The maximum Gasteiger partial charge on any atom is 0.0461 e. The van der Waals surface area contributed by atoms with Gasteiger partial charge in [-0.2, -0.15) is 0 Å². The van der Waals surface area contributed by atoms with Crippen LogP contribution in [0.15, 0.2) is 28.7 Å². The van der Waals surface area contributed by atoms with E-state index in [9.17, 15) is 0 Å². The van der Waals surface area contributed by atoms with Gasteiger partial charge in [-0.15, -0.1) is 11.3 Å². The van der Waals surface area contributed by atoms with Crippen molar-refractivity contribution in [2.45, 2.75) is 26.9 Å². The molecule has 0 saturated carbocycles. The number of nitrogens with one attached hydrogen (secondary N) is 1. The number of rotatable bonds is 4. The van der Waals surface area contributed by atoms with Crippen LogP contribution in [0.3, 0.4) is 0 Å². The molecule has 2 rings (SSSR count). The average molecular weight is 325 g/mol. The van der Waals surface area contributed by atoms with E-state index in [1.165, 1.54) is 20.9 Å². The Balaban J connectivity index is 1.90. The monoisotopic (exact) mass is 324 g/mol. The molecule has 2 aromatic rings. The predicted molar refractivity (Wildman–Crippen MR) is 82.9 cm³/mol. The van der Waals surface area contributed by atoms with Crippen LogP contribution in [-0.2, 0) is 13.1 Å². The van der Waals surface area contributed by atoms with E-state index in [1.54, 1.807) is 0 Å². The Labute approximate surface area is 120 Å². The van der Waals surface area contributed by atoms with Gasteiger partial charge in [0.25, 0.3) is 0 Å². The molecule has 1 aromatic heterocycles. The molecule has 0 unspecified atom stereocenters. The van der Waals surface area contributed by atoms with E-state index < -0.39 is 0 Å². The highest BCUT2D eigenvalue weighted by molar-refractivity contribution is 9.10. The molecule has 0 saturated heterocycles. The Bertz CT molecular complexity index is 529. The number of aryl methyl sites for hydroxylation is 2. The summed E-state index contributed by atoms with van der Waals surface area (Å²) >= 11 is 5.26. The van der Waals surface area contributed by atoms with Crippen molar-refractivity contribution >= 4 is 33.0 Å². The number of anilines is 1. The Morgan fingerprint density at radius 1 is 1.22 bits per heavy atom. The third-order valence-electron chi connectivity index (χ3n) is 2.91. The van der Waals surface area contributed by atoms with Gasteiger partial charge in [0.05, 0.1) is 0 Å². The Kier molecular flexibility index (Phi) is 4.43. The average Bonchev–Trinajstić information content (AvgIpc) is 2.63. The van der Waals surface area contributed by atoms with Gasteiger partial charge in [-0.1, -0.05) is 6.07 Å². The molecule has 0 radical (unpaired) electrons. The number of nitrogen functional groups attached to an aromatic ring is 1. The molecular formula is C14H17BrN2S. The maximum atomic E-state index is 5.85. The van der Waals surface area contributed by atoms with Gasteiger partial charge < -0.3 is 11.1 Å². The SMILES string of the molecule is Cc1cc(CNCc2ccc(Br)c(N)c2)sc1C. The molecule has 18 heavy (non-hydrogen) atoms. The van der Waals surface area contributed by atoms with Crippen LogP contribution in [0, 0.1) is 13.8 Å². The molecule has 0 aliphatic heterocycles. The van der Waals surface area contributed by atoms with Crippen molar-refractivity contribution in [1.29, 1.82) is 0 Å². The standard InChI is InChI=1S/C14H17BrN2S/c1-9-5-12(18-10(9)2)8-17-7-11-3-4-13(15)14(16)6-11/h3-6,17H,7-8,16H2,1-2H3. The van der Waals surface area contributed by atoms with Gasteiger partial charge in [0.1, 0.15) is 0 Å². The second kappa shape index (κ2) is 5.87. The van der Waals surface area contributed by atoms with E-state index in [2.05, 4.69) is 47.2 Å². The van der Waals surface area contributed by atoms with Gasteiger partial charge in [0, 0.05) is 33.0 Å². The lowest BCUT2D eigenvalue weighted by Crippen LogP contribution is -2.11. The molecule has 0 atom stereocenters. The summed E-state index contributed by atoms with van der Waals surface area (Å²) in [5, 5.41) is 3.44. The number of benzene rings is 1. The first kappa shape index (κ1) is 13.6. The number of halogens is 1. The summed E-state index contributed by atoms with van der Waals surface area (Å²) in [6, 6.07) is 8.33. The highest BCUT2D eigenvalue weighted by Gasteiger charge is 2.02. The zero-order valence-electron chi connectivity index (χ0n) is 10.6. The topological polar surface area (TPSA) is 38.0 Å². The number of hydrogen-bond acceptors (Lipinski definition) is 3. The summed E-state index contributed by atoms with van der Waals surface area (Å²) in [6.45, 7) is 6.08. The van der Waals surface area contributed by atoms with E-state index in [1.807, 2.05) is 23.5 Å². The summed E-state index contributed by atoms with van der Waals surface area (Å²) in [6.07, 6.45) is 0. The van der Waals surface area contributed by atoms with Crippen molar-refractivity contribution in [3.05, 3.63) is 49.6 Å². The lowest BCUT2D eigenvalue weighted by Gasteiger charge is -2.05. The highest BCUT2D eigenvalue weighted by atomic mass is 79.9. The van der Waals surface area contributed by atoms with Gasteiger partial charge in [0.2, 0.25) is 0 Å². The minimum Gasteiger partial charge on any atom is -0.398 e. The normalized spacial score (nSPS) is 10.8. The van der Waals surface area contributed by atoms with E-state index in [-0.39, 0.29) is 0 Å². The fourth-order valence-corrected chi connectivity index (χ4v) is 3.04. The maximum absolute atomic E-state index is 5.85. The lowest BCUT2D eigenvalue weighted by atomic mass is 10.2. The fraction of sp³-hybridized carbons (Fsp3) is 0.286. The van der Waals surface area contributed by atoms with Crippen LogP contribution in [0.1, 0.15) is 20.9 Å². The van der Waals surface area contributed by atoms with E-state index in [0.717, 1.165) is 23.2 Å². The molecule has 0 fully saturated rings. The molecule has 0 bridgehead atoms. The summed E-state index contributed by atoms with van der Waals surface area (Å²) in [7, 11) is 0. The Hall–Kier alpha value is -0.840. The van der Waals surface area contributed by atoms with E-state index >= 15 is 0 Å². The van der Waals surface area contributed by atoms with Crippen molar-refractivity contribution in [3.63, 3.8) is 0 Å². The van der Waals surface area contributed by atoms with Gasteiger partial charge in [0.15, 0.2) is 0 Å². The number of thiophene rings is 1. The number of hydrogen-bond donors (Lipinski definition) is 2. The van der Waals surface area contributed by atoms with Crippen molar-refractivity contribution in [1.82, 2.24) is 5.32 Å². The molecule has 3 N–H and O–H groups in total. The lowest BCUT2D eigenvalue weighted by molar-refractivity contribution is 0.701. The van der Waals surface area contributed by atoms with Gasteiger partial charge in [-0.25, -0.2) is 0 Å². The van der Waals surface area contributed by atoms with Crippen molar-refractivity contribution in [3.8, 4) is 0 Å². The summed E-state index contributed by atoms with van der Waals surface area (Å²) < 4.78 is 0.954. The summed E-state index contributed by atoms with van der Waals surface area (Å²) in [5.74, 6) is 0. The molecule has 4 heteroatoms. The summed E-state index contributed by atoms with van der Waals surface area (Å²) in [4.78, 5) is 2.79. The zero-order chi connectivity index (χ0) is 13.1. The summed E-state index contributed by atoms with van der Waals surface area (Å²) in [5.41, 5.74) is 9.23. The number of nitrogens with two attached hydrogens (primary N) is 1. The molecule has 0 amide bonds. The van der Waals surface area contributed by atoms with Crippen LogP contribution in [0.25, 0.3) is 0 Å². The minimum atomic E-state index is 0.789. The van der Waals surface area contributed by atoms with E-state index in [4.69, 9.17) is 5.73 Å². The Morgan fingerprint density at radius 3 is 2.61 bits per heavy atom. The van der Waals surface area contributed by atoms with Gasteiger partial charge in [-0.05, 0) is 59.1 Å². The van der Waals surface area contributed by atoms with Crippen molar-refractivity contribution in [2.75, 3.05) is 5.73 Å². The largest absolute Gasteiger partial charge is 0.398 e. The van der Waals surface area contributed by atoms with Gasteiger partial charge >= 0.3 is 0 Å². The molecule has 96 valence electrons.